The molecule has 2 aromatic heterocycles. The van der Waals surface area contributed by atoms with Crippen LogP contribution in [-0.2, 0) is 6.18 Å². The molecule has 0 radical (unpaired) electrons. The minimum Gasteiger partial charge on any atom is -0.370 e. The van der Waals surface area contributed by atoms with E-state index in [1.807, 2.05) is 0 Å². The summed E-state index contributed by atoms with van der Waals surface area (Å²) in [5, 5.41) is 3.28. The van der Waals surface area contributed by atoms with Gasteiger partial charge in [0.1, 0.15) is 5.82 Å². The van der Waals surface area contributed by atoms with Gasteiger partial charge in [0, 0.05) is 24.5 Å². The second kappa shape index (κ2) is 7.20. The smallest absolute Gasteiger partial charge is 0.370 e. The zero-order chi connectivity index (χ0) is 17.0. The van der Waals surface area contributed by atoms with Crippen molar-refractivity contribution in [3.63, 3.8) is 0 Å². The van der Waals surface area contributed by atoms with Gasteiger partial charge in [-0.25, -0.2) is 4.98 Å². The van der Waals surface area contributed by atoms with Gasteiger partial charge in [0.15, 0.2) is 0 Å². The third-order valence-corrected chi connectivity index (χ3v) is 4.45. The van der Waals surface area contributed by atoms with Crippen molar-refractivity contribution >= 4 is 5.82 Å². The Hall–Kier alpha value is -2.11. The molecule has 3 rings (SSSR count). The number of rotatable bonds is 4. The molecule has 1 N–H and O–H groups in total. The van der Waals surface area contributed by atoms with Gasteiger partial charge in [-0.05, 0) is 43.0 Å². The van der Waals surface area contributed by atoms with Gasteiger partial charge in [0.05, 0.1) is 11.3 Å². The fourth-order valence-electron chi connectivity index (χ4n) is 3.14. The zero-order valence-electron chi connectivity index (χ0n) is 13.3. The number of nitrogens with one attached hydrogen (secondary N) is 1. The fraction of sp³-hybridized carbons (Fsp3) is 0.444. The monoisotopic (exact) mass is 335 g/mol. The van der Waals surface area contributed by atoms with E-state index < -0.39 is 11.7 Å². The molecular weight excluding hydrogens is 315 g/mol. The molecule has 2 heterocycles. The lowest BCUT2D eigenvalue weighted by Gasteiger charge is -2.22. The van der Waals surface area contributed by atoms with Crippen molar-refractivity contribution in [1.29, 1.82) is 0 Å². The Morgan fingerprint density at radius 2 is 1.83 bits per heavy atom. The maximum atomic E-state index is 13.1. The topological polar surface area (TPSA) is 37.8 Å². The van der Waals surface area contributed by atoms with Crippen LogP contribution in [0.3, 0.4) is 0 Å². The highest BCUT2D eigenvalue weighted by Crippen LogP contribution is 2.35. The van der Waals surface area contributed by atoms with Crippen molar-refractivity contribution < 1.29 is 13.2 Å². The van der Waals surface area contributed by atoms with E-state index in [1.54, 1.807) is 12.1 Å². The van der Waals surface area contributed by atoms with Crippen molar-refractivity contribution in [2.24, 2.45) is 5.92 Å². The van der Waals surface area contributed by atoms with Crippen molar-refractivity contribution in [1.82, 2.24) is 9.97 Å². The molecule has 0 amide bonds. The van der Waals surface area contributed by atoms with Crippen LogP contribution in [0.25, 0.3) is 11.3 Å². The number of anilines is 1. The number of aromatic nitrogens is 2. The summed E-state index contributed by atoms with van der Waals surface area (Å²) in [6.07, 6.45) is 4.70. The van der Waals surface area contributed by atoms with Gasteiger partial charge in [0.25, 0.3) is 0 Å². The Balaban J connectivity index is 1.71. The predicted molar refractivity (Wildman–Crippen MR) is 87.5 cm³/mol. The van der Waals surface area contributed by atoms with E-state index in [4.69, 9.17) is 0 Å². The van der Waals surface area contributed by atoms with Crippen LogP contribution in [-0.4, -0.2) is 16.5 Å². The molecule has 2 aromatic rings. The van der Waals surface area contributed by atoms with Crippen molar-refractivity contribution in [2.45, 2.75) is 38.3 Å². The molecule has 0 saturated heterocycles. The molecule has 0 spiro atoms. The van der Waals surface area contributed by atoms with Gasteiger partial charge >= 0.3 is 6.18 Å². The summed E-state index contributed by atoms with van der Waals surface area (Å²) in [6.45, 7) is 0.865. The van der Waals surface area contributed by atoms with Gasteiger partial charge in [-0.1, -0.05) is 19.3 Å². The van der Waals surface area contributed by atoms with Gasteiger partial charge in [-0.3, -0.25) is 4.98 Å². The average Bonchev–Trinajstić information content (AvgIpc) is 2.61. The van der Waals surface area contributed by atoms with Crippen molar-refractivity contribution in [3.8, 4) is 11.3 Å². The lowest BCUT2D eigenvalue weighted by molar-refractivity contribution is -0.137. The third-order valence-electron chi connectivity index (χ3n) is 4.45. The highest BCUT2D eigenvalue weighted by atomic mass is 19.4. The molecule has 0 unspecified atom stereocenters. The van der Waals surface area contributed by atoms with Crippen LogP contribution in [0.1, 0.15) is 37.7 Å². The molecule has 1 fully saturated rings. The molecule has 0 aliphatic heterocycles. The van der Waals surface area contributed by atoms with Crippen LogP contribution in [0.5, 0.6) is 0 Å². The van der Waals surface area contributed by atoms with Gasteiger partial charge in [-0.15, -0.1) is 0 Å². The number of pyridine rings is 2. The molecule has 24 heavy (non-hydrogen) atoms. The van der Waals surface area contributed by atoms with Gasteiger partial charge < -0.3 is 5.32 Å². The SMILES string of the molecule is FC(F)(F)c1cccnc1-c1ccc(NCC2CCCCC2)nc1. The van der Waals surface area contributed by atoms with E-state index >= 15 is 0 Å². The second-order valence-corrected chi connectivity index (χ2v) is 6.21. The lowest BCUT2D eigenvalue weighted by atomic mass is 9.89. The molecule has 0 atom stereocenters. The summed E-state index contributed by atoms with van der Waals surface area (Å²) in [4.78, 5) is 8.13. The summed E-state index contributed by atoms with van der Waals surface area (Å²) in [7, 11) is 0. The summed E-state index contributed by atoms with van der Waals surface area (Å²) in [5.41, 5.74) is -0.461. The predicted octanol–water partition coefficient (Wildman–Crippen LogP) is 5.15. The first-order valence-electron chi connectivity index (χ1n) is 8.26. The Morgan fingerprint density at radius 3 is 2.50 bits per heavy atom. The Labute approximate surface area is 139 Å². The van der Waals surface area contributed by atoms with Gasteiger partial charge in [0.2, 0.25) is 0 Å². The molecule has 0 bridgehead atoms. The van der Waals surface area contributed by atoms with E-state index in [-0.39, 0.29) is 5.69 Å². The summed E-state index contributed by atoms with van der Waals surface area (Å²) in [5.74, 6) is 1.35. The highest BCUT2D eigenvalue weighted by Gasteiger charge is 2.34. The van der Waals surface area contributed by atoms with Gasteiger partial charge in [-0.2, -0.15) is 13.2 Å². The molecular formula is C18H20F3N3. The normalized spacial score (nSPS) is 16.1. The molecule has 1 aliphatic rings. The number of alkyl halides is 3. The second-order valence-electron chi connectivity index (χ2n) is 6.21. The molecule has 6 heteroatoms. The third kappa shape index (κ3) is 4.04. The average molecular weight is 335 g/mol. The van der Waals surface area contributed by atoms with E-state index in [0.29, 0.717) is 17.3 Å². The van der Waals surface area contributed by atoms with E-state index in [0.717, 1.165) is 12.6 Å². The first-order chi connectivity index (χ1) is 11.5. The summed E-state index contributed by atoms with van der Waals surface area (Å²) < 4.78 is 39.2. The largest absolute Gasteiger partial charge is 0.418 e. The number of nitrogens with zero attached hydrogens (tertiary/aromatic N) is 2. The van der Waals surface area contributed by atoms with E-state index in [1.165, 1.54) is 50.6 Å². The lowest BCUT2D eigenvalue weighted by Crippen LogP contribution is -2.17. The first kappa shape index (κ1) is 16.7. The highest BCUT2D eigenvalue weighted by molar-refractivity contribution is 5.64. The molecule has 3 nitrogen and oxygen atoms in total. The van der Waals surface area contributed by atoms with Crippen LogP contribution in [0, 0.1) is 5.92 Å². The number of hydrogen-bond acceptors (Lipinski definition) is 3. The Kier molecular flexibility index (Phi) is 5.02. The minimum atomic E-state index is -4.43. The van der Waals surface area contributed by atoms with Crippen LogP contribution in [0.2, 0.25) is 0 Å². The Morgan fingerprint density at radius 1 is 1.04 bits per heavy atom. The number of hydrogen-bond donors (Lipinski definition) is 1. The Bertz CT molecular complexity index is 662. The summed E-state index contributed by atoms with van der Waals surface area (Å²) in [6, 6.07) is 5.68. The first-order valence-corrected chi connectivity index (χ1v) is 8.26. The van der Waals surface area contributed by atoms with Crippen molar-refractivity contribution in [3.05, 3.63) is 42.2 Å². The van der Waals surface area contributed by atoms with Crippen LogP contribution in [0.4, 0.5) is 19.0 Å². The molecule has 1 aliphatic carbocycles. The quantitative estimate of drug-likeness (QED) is 0.839. The molecule has 1 saturated carbocycles. The minimum absolute atomic E-state index is 0.0867. The number of halogens is 3. The van der Waals surface area contributed by atoms with E-state index in [9.17, 15) is 13.2 Å². The maximum Gasteiger partial charge on any atom is 0.418 e. The fourth-order valence-corrected chi connectivity index (χ4v) is 3.14. The summed E-state index contributed by atoms with van der Waals surface area (Å²) >= 11 is 0. The molecule has 128 valence electrons. The van der Waals surface area contributed by atoms with E-state index in [2.05, 4.69) is 15.3 Å². The standard InChI is InChI=1S/C18H20F3N3/c19-18(20,21)15-7-4-10-22-17(15)14-8-9-16(24-12-14)23-11-13-5-2-1-3-6-13/h4,7-10,12-13H,1-3,5-6,11H2,(H,23,24). The maximum absolute atomic E-state index is 13.1. The van der Waals surface area contributed by atoms with Crippen molar-refractivity contribution in [2.75, 3.05) is 11.9 Å². The van der Waals surface area contributed by atoms with Crippen LogP contribution in [0.15, 0.2) is 36.7 Å². The molecule has 0 aromatic carbocycles. The van der Waals surface area contributed by atoms with Crippen LogP contribution < -0.4 is 5.32 Å². The zero-order valence-corrected chi connectivity index (χ0v) is 13.3. The van der Waals surface area contributed by atoms with Crippen LogP contribution >= 0.6 is 0 Å².